The van der Waals surface area contributed by atoms with Crippen molar-refractivity contribution in [1.29, 1.82) is 0 Å². The van der Waals surface area contributed by atoms with E-state index in [0.29, 0.717) is 0 Å². The Bertz CT molecular complexity index is 463. The zero-order chi connectivity index (χ0) is 11.5. The first-order valence-electron chi connectivity index (χ1n) is 5.27. The molecule has 0 spiro atoms. The van der Waals surface area contributed by atoms with Crippen molar-refractivity contribution in [3.63, 3.8) is 0 Å². The summed E-state index contributed by atoms with van der Waals surface area (Å²) in [6, 6.07) is 8.25. The van der Waals surface area contributed by atoms with Crippen molar-refractivity contribution < 1.29 is 4.42 Å². The quantitative estimate of drug-likeness (QED) is 0.612. The molecule has 0 bridgehead atoms. The number of furan rings is 1. The van der Waals surface area contributed by atoms with Gasteiger partial charge < -0.3 is 4.42 Å². The van der Waals surface area contributed by atoms with Gasteiger partial charge in [0, 0.05) is 5.56 Å². The first kappa shape index (κ1) is 10.9. The Labute approximate surface area is 95.2 Å². The van der Waals surface area contributed by atoms with Gasteiger partial charge in [-0.15, -0.1) is 0 Å². The lowest BCUT2D eigenvalue weighted by Gasteiger charge is -2.17. The summed E-state index contributed by atoms with van der Waals surface area (Å²) >= 11 is 0. The molecule has 0 aliphatic carbocycles. The molecule has 3 N–H and O–H groups in total. The smallest absolute Gasteiger partial charge is 0.0954 e. The first-order chi connectivity index (χ1) is 7.72. The van der Waals surface area contributed by atoms with Gasteiger partial charge in [0.05, 0.1) is 18.6 Å². The molecule has 3 nitrogen and oxygen atoms in total. The lowest BCUT2D eigenvalue weighted by molar-refractivity contribution is 0.553. The largest absolute Gasteiger partial charge is 0.472 e. The second kappa shape index (κ2) is 4.51. The molecule has 1 heterocycles. The van der Waals surface area contributed by atoms with Crippen molar-refractivity contribution in [2.45, 2.75) is 19.9 Å². The van der Waals surface area contributed by atoms with Crippen LogP contribution in [0.3, 0.4) is 0 Å². The molecule has 0 aliphatic rings. The number of aryl methyl sites for hydroxylation is 2. The lowest BCUT2D eigenvalue weighted by atomic mass is 9.96. The van der Waals surface area contributed by atoms with Crippen molar-refractivity contribution >= 4 is 0 Å². The van der Waals surface area contributed by atoms with E-state index in [-0.39, 0.29) is 6.04 Å². The molecule has 0 saturated heterocycles. The Morgan fingerprint density at radius 3 is 2.62 bits per heavy atom. The van der Waals surface area contributed by atoms with Crippen molar-refractivity contribution in [3.8, 4) is 0 Å². The lowest BCUT2D eigenvalue weighted by Crippen LogP contribution is -2.29. The van der Waals surface area contributed by atoms with Crippen molar-refractivity contribution in [2.75, 3.05) is 0 Å². The Hall–Kier alpha value is -1.58. The molecule has 2 aromatic rings. The normalized spacial score (nSPS) is 12.7. The average molecular weight is 216 g/mol. The standard InChI is InChI=1S/C13H16N2O/c1-9-3-4-12(10(2)7-9)13(15-14)11-5-6-16-8-11/h3-8,13,15H,14H2,1-2H3. The minimum atomic E-state index is -0.0145. The van der Waals surface area contributed by atoms with Crippen molar-refractivity contribution in [1.82, 2.24) is 5.43 Å². The predicted octanol–water partition coefficient (Wildman–Crippen LogP) is 2.45. The summed E-state index contributed by atoms with van der Waals surface area (Å²) in [5.41, 5.74) is 7.51. The summed E-state index contributed by atoms with van der Waals surface area (Å²) in [5.74, 6) is 5.61. The monoisotopic (exact) mass is 216 g/mol. The second-order valence-corrected chi connectivity index (χ2v) is 4.02. The summed E-state index contributed by atoms with van der Waals surface area (Å²) in [5, 5.41) is 0. The van der Waals surface area contributed by atoms with E-state index in [9.17, 15) is 0 Å². The fourth-order valence-electron chi connectivity index (χ4n) is 1.95. The molecule has 0 saturated carbocycles. The van der Waals surface area contributed by atoms with E-state index in [1.807, 2.05) is 6.07 Å². The van der Waals surface area contributed by atoms with Gasteiger partial charge in [-0.3, -0.25) is 5.84 Å². The van der Waals surface area contributed by atoms with E-state index in [1.165, 1.54) is 16.7 Å². The maximum Gasteiger partial charge on any atom is 0.0954 e. The maximum atomic E-state index is 5.61. The summed E-state index contributed by atoms with van der Waals surface area (Å²) in [6.07, 6.45) is 3.37. The van der Waals surface area contributed by atoms with E-state index < -0.39 is 0 Å². The Morgan fingerprint density at radius 2 is 2.06 bits per heavy atom. The molecular formula is C13H16N2O. The molecule has 1 aromatic heterocycles. The highest BCUT2D eigenvalue weighted by atomic mass is 16.3. The molecular weight excluding hydrogens is 200 g/mol. The molecule has 84 valence electrons. The molecule has 16 heavy (non-hydrogen) atoms. The zero-order valence-electron chi connectivity index (χ0n) is 9.53. The molecule has 0 fully saturated rings. The molecule has 0 radical (unpaired) electrons. The third-order valence-electron chi connectivity index (χ3n) is 2.78. The Morgan fingerprint density at radius 1 is 1.25 bits per heavy atom. The summed E-state index contributed by atoms with van der Waals surface area (Å²) in [6.45, 7) is 4.17. The molecule has 1 atom stereocenters. The number of hydrogen-bond acceptors (Lipinski definition) is 3. The number of hydrogen-bond donors (Lipinski definition) is 2. The SMILES string of the molecule is Cc1ccc(C(NN)c2ccoc2)c(C)c1. The zero-order valence-corrected chi connectivity index (χ0v) is 9.53. The van der Waals surface area contributed by atoms with Gasteiger partial charge in [-0.05, 0) is 31.0 Å². The fourth-order valence-corrected chi connectivity index (χ4v) is 1.95. The van der Waals surface area contributed by atoms with Crippen LogP contribution in [0.4, 0.5) is 0 Å². The number of hydrazine groups is 1. The average Bonchev–Trinajstić information content (AvgIpc) is 2.75. The van der Waals surface area contributed by atoms with Gasteiger partial charge >= 0.3 is 0 Å². The maximum absolute atomic E-state index is 5.61. The van der Waals surface area contributed by atoms with E-state index in [0.717, 1.165) is 5.56 Å². The molecule has 0 amide bonds. The van der Waals surface area contributed by atoms with E-state index in [4.69, 9.17) is 10.3 Å². The van der Waals surface area contributed by atoms with Gasteiger partial charge in [-0.1, -0.05) is 23.8 Å². The van der Waals surface area contributed by atoms with Gasteiger partial charge in [0.25, 0.3) is 0 Å². The minimum absolute atomic E-state index is 0.0145. The molecule has 0 aliphatic heterocycles. The van der Waals surface area contributed by atoms with Crippen LogP contribution >= 0.6 is 0 Å². The second-order valence-electron chi connectivity index (χ2n) is 4.02. The molecule has 1 unspecified atom stereocenters. The fraction of sp³-hybridized carbons (Fsp3) is 0.231. The predicted molar refractivity (Wildman–Crippen MR) is 63.8 cm³/mol. The van der Waals surface area contributed by atoms with Crippen LogP contribution in [0.25, 0.3) is 0 Å². The summed E-state index contributed by atoms with van der Waals surface area (Å²) < 4.78 is 5.09. The third-order valence-corrected chi connectivity index (χ3v) is 2.78. The van der Waals surface area contributed by atoms with Crippen LogP contribution in [0.5, 0.6) is 0 Å². The van der Waals surface area contributed by atoms with Gasteiger partial charge in [-0.25, -0.2) is 5.43 Å². The van der Waals surface area contributed by atoms with Gasteiger partial charge in [0.1, 0.15) is 0 Å². The van der Waals surface area contributed by atoms with Crippen LogP contribution in [-0.4, -0.2) is 0 Å². The number of benzene rings is 1. The molecule has 1 aromatic carbocycles. The highest BCUT2D eigenvalue weighted by Gasteiger charge is 2.15. The van der Waals surface area contributed by atoms with Crippen LogP contribution in [0.15, 0.2) is 41.2 Å². The van der Waals surface area contributed by atoms with Crippen LogP contribution in [0, 0.1) is 13.8 Å². The highest BCUT2D eigenvalue weighted by molar-refractivity contribution is 5.37. The van der Waals surface area contributed by atoms with E-state index in [1.54, 1.807) is 12.5 Å². The van der Waals surface area contributed by atoms with Gasteiger partial charge in [-0.2, -0.15) is 0 Å². The van der Waals surface area contributed by atoms with Crippen LogP contribution in [-0.2, 0) is 0 Å². The molecule has 2 rings (SSSR count). The van der Waals surface area contributed by atoms with Crippen molar-refractivity contribution in [2.24, 2.45) is 5.84 Å². The number of nitrogens with two attached hydrogens (primary N) is 1. The number of nitrogens with one attached hydrogen (secondary N) is 1. The van der Waals surface area contributed by atoms with E-state index in [2.05, 4.69) is 37.5 Å². The summed E-state index contributed by atoms with van der Waals surface area (Å²) in [7, 11) is 0. The first-order valence-corrected chi connectivity index (χ1v) is 5.27. The third kappa shape index (κ3) is 2.01. The summed E-state index contributed by atoms with van der Waals surface area (Å²) in [4.78, 5) is 0. The molecule has 3 heteroatoms. The highest BCUT2D eigenvalue weighted by Crippen LogP contribution is 2.25. The topological polar surface area (TPSA) is 51.2 Å². The van der Waals surface area contributed by atoms with Crippen LogP contribution < -0.4 is 11.3 Å². The van der Waals surface area contributed by atoms with Crippen molar-refractivity contribution in [3.05, 3.63) is 59.0 Å². The minimum Gasteiger partial charge on any atom is -0.472 e. The van der Waals surface area contributed by atoms with Gasteiger partial charge in [0.15, 0.2) is 0 Å². The van der Waals surface area contributed by atoms with Crippen LogP contribution in [0.2, 0.25) is 0 Å². The number of rotatable bonds is 3. The van der Waals surface area contributed by atoms with Gasteiger partial charge in [0.2, 0.25) is 0 Å². The Balaban J connectivity index is 2.41. The Kier molecular flexibility index (Phi) is 3.08. The van der Waals surface area contributed by atoms with E-state index >= 15 is 0 Å². The van der Waals surface area contributed by atoms with Crippen LogP contribution in [0.1, 0.15) is 28.3 Å².